The lowest BCUT2D eigenvalue weighted by Gasteiger charge is -2.48. The third-order valence-electron chi connectivity index (χ3n) is 3.86. The Labute approximate surface area is 90.0 Å². The Kier molecular flexibility index (Phi) is 2.50. The standard InChI is InChI=1S/C11H17ClO2/c1-2-14-9(13)10-3-6-11(12,7-4-10)8-5-10/h2-8H2,1H3. The molecule has 0 N–H and O–H groups in total. The van der Waals surface area contributed by atoms with Gasteiger partial charge in [0.05, 0.1) is 12.0 Å². The second-order valence-electron chi connectivity index (χ2n) is 4.65. The van der Waals surface area contributed by atoms with Gasteiger partial charge in [-0.15, -0.1) is 11.6 Å². The van der Waals surface area contributed by atoms with Crippen molar-refractivity contribution in [2.24, 2.45) is 5.41 Å². The fraction of sp³-hybridized carbons (Fsp3) is 0.909. The highest BCUT2D eigenvalue weighted by atomic mass is 35.5. The predicted molar refractivity (Wildman–Crippen MR) is 55.4 cm³/mol. The van der Waals surface area contributed by atoms with Crippen molar-refractivity contribution in [3.63, 3.8) is 0 Å². The Morgan fingerprint density at radius 1 is 1.21 bits per heavy atom. The molecule has 2 bridgehead atoms. The lowest BCUT2D eigenvalue weighted by Crippen LogP contribution is -2.47. The number of fused-ring (bicyclic) bond motifs is 3. The molecule has 3 heteroatoms. The Balaban J connectivity index is 2.08. The van der Waals surface area contributed by atoms with Crippen molar-refractivity contribution >= 4 is 17.6 Å². The normalized spacial score (nSPS) is 41.0. The number of hydrogen-bond donors (Lipinski definition) is 0. The highest BCUT2D eigenvalue weighted by Gasteiger charge is 2.52. The van der Waals surface area contributed by atoms with Crippen molar-refractivity contribution in [3.05, 3.63) is 0 Å². The summed E-state index contributed by atoms with van der Waals surface area (Å²) in [7, 11) is 0. The van der Waals surface area contributed by atoms with Gasteiger partial charge in [0.2, 0.25) is 0 Å². The van der Waals surface area contributed by atoms with Crippen LogP contribution in [0, 0.1) is 5.41 Å². The van der Waals surface area contributed by atoms with Crippen molar-refractivity contribution in [1.82, 2.24) is 0 Å². The van der Waals surface area contributed by atoms with E-state index in [-0.39, 0.29) is 16.3 Å². The maximum absolute atomic E-state index is 11.8. The topological polar surface area (TPSA) is 26.3 Å². The van der Waals surface area contributed by atoms with E-state index in [0.29, 0.717) is 6.61 Å². The number of hydrogen-bond acceptors (Lipinski definition) is 2. The van der Waals surface area contributed by atoms with Crippen molar-refractivity contribution in [3.8, 4) is 0 Å². The minimum absolute atomic E-state index is 0.00818. The highest BCUT2D eigenvalue weighted by molar-refractivity contribution is 6.24. The van der Waals surface area contributed by atoms with Crippen LogP contribution in [0.5, 0.6) is 0 Å². The molecule has 3 aliphatic rings. The lowest BCUT2D eigenvalue weighted by atomic mass is 9.60. The zero-order valence-electron chi connectivity index (χ0n) is 8.64. The fourth-order valence-corrected chi connectivity index (χ4v) is 3.01. The van der Waals surface area contributed by atoms with Crippen LogP contribution in [0.2, 0.25) is 0 Å². The Morgan fingerprint density at radius 3 is 2.14 bits per heavy atom. The van der Waals surface area contributed by atoms with Crippen LogP contribution in [0.3, 0.4) is 0 Å². The van der Waals surface area contributed by atoms with E-state index >= 15 is 0 Å². The molecule has 80 valence electrons. The van der Waals surface area contributed by atoms with E-state index < -0.39 is 0 Å². The van der Waals surface area contributed by atoms with Crippen molar-refractivity contribution < 1.29 is 9.53 Å². The van der Waals surface area contributed by atoms with Gasteiger partial charge in [-0.1, -0.05) is 0 Å². The molecule has 2 nitrogen and oxygen atoms in total. The van der Waals surface area contributed by atoms with Gasteiger partial charge in [-0.05, 0) is 45.4 Å². The minimum Gasteiger partial charge on any atom is -0.466 e. The first-order valence-electron chi connectivity index (χ1n) is 5.46. The lowest BCUT2D eigenvalue weighted by molar-refractivity contribution is -0.161. The van der Waals surface area contributed by atoms with Gasteiger partial charge in [0.25, 0.3) is 0 Å². The van der Waals surface area contributed by atoms with E-state index in [9.17, 15) is 4.79 Å². The van der Waals surface area contributed by atoms with Crippen LogP contribution in [0.4, 0.5) is 0 Å². The Bertz CT molecular complexity index is 225. The monoisotopic (exact) mass is 216 g/mol. The maximum atomic E-state index is 11.8. The first-order valence-corrected chi connectivity index (χ1v) is 5.84. The number of carbonyl (C=O) groups excluding carboxylic acids is 1. The molecule has 0 amide bonds. The molecule has 0 aromatic rings. The molecule has 0 spiro atoms. The molecular weight excluding hydrogens is 200 g/mol. The molecule has 3 aliphatic carbocycles. The van der Waals surface area contributed by atoms with Gasteiger partial charge < -0.3 is 4.74 Å². The number of rotatable bonds is 2. The van der Waals surface area contributed by atoms with E-state index in [2.05, 4.69) is 0 Å². The third-order valence-corrected chi connectivity index (χ3v) is 4.43. The molecule has 3 fully saturated rings. The van der Waals surface area contributed by atoms with Gasteiger partial charge in [-0.3, -0.25) is 4.79 Å². The van der Waals surface area contributed by atoms with E-state index in [1.807, 2.05) is 6.92 Å². The Morgan fingerprint density at radius 2 is 1.71 bits per heavy atom. The summed E-state index contributed by atoms with van der Waals surface area (Å²) in [5.41, 5.74) is -0.174. The second-order valence-corrected chi connectivity index (χ2v) is 5.45. The van der Waals surface area contributed by atoms with Gasteiger partial charge in [-0.2, -0.15) is 0 Å². The Hall–Kier alpha value is -0.240. The summed E-state index contributed by atoms with van der Waals surface area (Å²) >= 11 is 6.39. The first kappa shape index (κ1) is 10.3. The molecule has 0 heterocycles. The van der Waals surface area contributed by atoms with Crippen LogP contribution in [-0.4, -0.2) is 17.5 Å². The summed E-state index contributed by atoms with van der Waals surface area (Å²) in [6.45, 7) is 2.36. The van der Waals surface area contributed by atoms with Crippen molar-refractivity contribution in [2.75, 3.05) is 6.61 Å². The van der Waals surface area contributed by atoms with Gasteiger partial charge in [-0.25, -0.2) is 0 Å². The van der Waals surface area contributed by atoms with Gasteiger partial charge in [0, 0.05) is 4.87 Å². The van der Waals surface area contributed by atoms with Crippen LogP contribution in [0.1, 0.15) is 45.4 Å². The average molecular weight is 217 g/mol. The molecule has 0 aromatic heterocycles. The van der Waals surface area contributed by atoms with Crippen molar-refractivity contribution in [2.45, 2.75) is 50.3 Å². The van der Waals surface area contributed by atoms with Crippen LogP contribution < -0.4 is 0 Å². The van der Waals surface area contributed by atoms with Crippen LogP contribution >= 0.6 is 11.6 Å². The average Bonchev–Trinajstić information content (AvgIpc) is 2.20. The molecular formula is C11H17ClO2. The zero-order valence-corrected chi connectivity index (χ0v) is 9.40. The molecule has 14 heavy (non-hydrogen) atoms. The molecule has 0 radical (unpaired) electrons. The highest BCUT2D eigenvalue weighted by Crippen LogP contribution is 2.55. The summed E-state index contributed by atoms with van der Waals surface area (Å²) in [6.07, 6.45) is 5.72. The van der Waals surface area contributed by atoms with Crippen LogP contribution in [0.15, 0.2) is 0 Å². The summed E-state index contributed by atoms with van der Waals surface area (Å²) in [5.74, 6) is 0.0124. The summed E-state index contributed by atoms with van der Waals surface area (Å²) in [4.78, 5) is 11.8. The van der Waals surface area contributed by atoms with Gasteiger partial charge in [0.1, 0.15) is 0 Å². The molecule has 0 atom stereocenters. The number of halogens is 1. The molecule has 0 aromatic carbocycles. The van der Waals surface area contributed by atoms with Gasteiger partial charge >= 0.3 is 5.97 Å². The third kappa shape index (κ3) is 1.54. The van der Waals surface area contributed by atoms with Gasteiger partial charge in [0.15, 0.2) is 0 Å². The van der Waals surface area contributed by atoms with E-state index in [4.69, 9.17) is 16.3 Å². The van der Waals surface area contributed by atoms with E-state index in [1.165, 1.54) is 0 Å². The number of alkyl halides is 1. The molecule has 3 saturated carbocycles. The van der Waals surface area contributed by atoms with Crippen molar-refractivity contribution in [1.29, 1.82) is 0 Å². The quantitative estimate of drug-likeness (QED) is 0.524. The second kappa shape index (κ2) is 3.41. The van der Waals surface area contributed by atoms with E-state index in [1.54, 1.807) is 0 Å². The number of esters is 1. The smallest absolute Gasteiger partial charge is 0.312 e. The summed E-state index contributed by atoms with van der Waals surface area (Å²) in [6, 6.07) is 0. The SMILES string of the molecule is CCOC(=O)C12CCC(Cl)(CC1)CC2. The molecule has 3 rings (SSSR count). The molecule has 0 aliphatic heterocycles. The molecule has 0 saturated heterocycles. The first-order chi connectivity index (χ1) is 6.60. The largest absolute Gasteiger partial charge is 0.466 e. The summed E-state index contributed by atoms with van der Waals surface area (Å²) in [5, 5.41) is 0. The maximum Gasteiger partial charge on any atom is 0.312 e. The summed E-state index contributed by atoms with van der Waals surface area (Å²) < 4.78 is 5.15. The van der Waals surface area contributed by atoms with Crippen LogP contribution in [-0.2, 0) is 9.53 Å². The zero-order chi connectivity index (χ0) is 10.2. The number of ether oxygens (including phenoxy) is 1. The number of carbonyl (C=O) groups is 1. The van der Waals surface area contributed by atoms with E-state index in [0.717, 1.165) is 38.5 Å². The van der Waals surface area contributed by atoms with Crippen LogP contribution in [0.25, 0.3) is 0 Å². The fourth-order valence-electron chi connectivity index (χ4n) is 2.73. The minimum atomic E-state index is -0.174. The predicted octanol–water partition coefficient (Wildman–Crippen LogP) is 2.88. The molecule has 0 unspecified atom stereocenters.